The highest BCUT2D eigenvalue weighted by Gasteiger charge is 2.06. The first-order valence-corrected chi connectivity index (χ1v) is 3.80. The molecule has 0 amide bonds. The minimum Gasteiger partial charge on any atom is -0.450 e. The largest absolute Gasteiger partial charge is 0.503 e. The lowest BCUT2D eigenvalue weighted by molar-refractivity contribution is 0.137. The molecule has 0 saturated heterocycles. The summed E-state index contributed by atoms with van der Waals surface area (Å²) >= 11 is 0. The van der Waals surface area contributed by atoms with Crippen LogP contribution in [0.3, 0.4) is 0 Å². The molecule has 4 nitrogen and oxygen atoms in total. The van der Waals surface area contributed by atoms with Gasteiger partial charge in [0, 0.05) is 6.04 Å². The Labute approximate surface area is 66.0 Å². The number of nitrogens with two attached hydrogens (primary N) is 1. The van der Waals surface area contributed by atoms with Gasteiger partial charge in [0.05, 0.1) is 0 Å². The van der Waals surface area contributed by atoms with Crippen LogP contribution in [0, 0.1) is 0 Å². The SMILES string of the molecule is NC1CCCCC1.O=C(O)O. The minimum absolute atomic E-state index is 0.536. The van der Waals surface area contributed by atoms with E-state index < -0.39 is 6.16 Å². The predicted octanol–water partition coefficient (Wildman–Crippen LogP) is 1.50. The van der Waals surface area contributed by atoms with Gasteiger partial charge < -0.3 is 15.9 Å². The van der Waals surface area contributed by atoms with E-state index in [2.05, 4.69) is 0 Å². The van der Waals surface area contributed by atoms with Crippen LogP contribution < -0.4 is 5.73 Å². The van der Waals surface area contributed by atoms with Gasteiger partial charge >= 0.3 is 6.16 Å². The molecule has 0 aromatic carbocycles. The van der Waals surface area contributed by atoms with Crippen LogP contribution in [-0.4, -0.2) is 22.4 Å². The summed E-state index contributed by atoms with van der Waals surface area (Å²) in [5.74, 6) is 0. The maximum atomic E-state index is 8.56. The molecule has 0 radical (unpaired) electrons. The van der Waals surface area contributed by atoms with E-state index in [-0.39, 0.29) is 0 Å². The summed E-state index contributed by atoms with van der Waals surface area (Å²) in [6, 6.07) is 0.536. The summed E-state index contributed by atoms with van der Waals surface area (Å²) in [6.07, 6.45) is 4.83. The van der Waals surface area contributed by atoms with Crippen LogP contribution in [0.25, 0.3) is 0 Å². The third-order valence-electron chi connectivity index (χ3n) is 1.65. The van der Waals surface area contributed by atoms with Gasteiger partial charge in [-0.2, -0.15) is 0 Å². The van der Waals surface area contributed by atoms with Gasteiger partial charge in [0.1, 0.15) is 0 Å². The van der Waals surface area contributed by atoms with Crippen molar-refractivity contribution < 1.29 is 15.0 Å². The van der Waals surface area contributed by atoms with E-state index in [1.807, 2.05) is 0 Å². The fourth-order valence-corrected chi connectivity index (χ4v) is 1.13. The molecule has 0 aromatic rings. The van der Waals surface area contributed by atoms with Crippen molar-refractivity contribution in [3.63, 3.8) is 0 Å². The number of hydrogen-bond donors (Lipinski definition) is 3. The molecule has 1 aliphatic carbocycles. The molecule has 1 rings (SSSR count). The Morgan fingerprint density at radius 3 is 1.73 bits per heavy atom. The van der Waals surface area contributed by atoms with E-state index in [1.165, 1.54) is 32.1 Å². The number of rotatable bonds is 0. The Bertz CT molecular complexity index is 106. The highest BCUT2D eigenvalue weighted by molar-refractivity contribution is 5.53. The third kappa shape index (κ3) is 9.23. The Kier molecular flexibility index (Phi) is 5.56. The molecular weight excluding hydrogens is 146 g/mol. The lowest BCUT2D eigenvalue weighted by Crippen LogP contribution is -2.22. The van der Waals surface area contributed by atoms with Crippen molar-refractivity contribution in [3.8, 4) is 0 Å². The Morgan fingerprint density at radius 2 is 1.55 bits per heavy atom. The van der Waals surface area contributed by atoms with Gasteiger partial charge in [-0.15, -0.1) is 0 Å². The van der Waals surface area contributed by atoms with Crippen LogP contribution >= 0.6 is 0 Å². The molecule has 1 saturated carbocycles. The molecule has 0 atom stereocenters. The van der Waals surface area contributed by atoms with Crippen molar-refractivity contribution in [1.82, 2.24) is 0 Å². The molecular formula is C7H15NO3. The van der Waals surface area contributed by atoms with Gasteiger partial charge in [-0.3, -0.25) is 0 Å². The first-order chi connectivity index (χ1) is 5.13. The van der Waals surface area contributed by atoms with E-state index in [0.29, 0.717) is 6.04 Å². The zero-order chi connectivity index (χ0) is 8.69. The van der Waals surface area contributed by atoms with Gasteiger partial charge in [-0.05, 0) is 12.8 Å². The van der Waals surface area contributed by atoms with Crippen molar-refractivity contribution >= 4 is 6.16 Å². The molecule has 0 bridgehead atoms. The summed E-state index contributed by atoms with van der Waals surface area (Å²) in [5, 5.41) is 13.9. The van der Waals surface area contributed by atoms with Crippen molar-refractivity contribution in [1.29, 1.82) is 0 Å². The number of carbonyl (C=O) groups is 1. The summed E-state index contributed by atoms with van der Waals surface area (Å²) in [5.41, 5.74) is 5.63. The fourth-order valence-electron chi connectivity index (χ4n) is 1.13. The molecule has 1 aliphatic rings. The maximum absolute atomic E-state index is 8.56. The molecule has 1 fully saturated rings. The third-order valence-corrected chi connectivity index (χ3v) is 1.65. The molecule has 0 spiro atoms. The zero-order valence-corrected chi connectivity index (χ0v) is 6.49. The molecule has 66 valence electrons. The summed E-state index contributed by atoms with van der Waals surface area (Å²) in [4.78, 5) is 8.56. The first-order valence-electron chi connectivity index (χ1n) is 3.80. The molecule has 4 N–H and O–H groups in total. The monoisotopic (exact) mass is 161 g/mol. The second-order valence-corrected chi connectivity index (χ2v) is 2.68. The van der Waals surface area contributed by atoms with Crippen LogP contribution in [0.4, 0.5) is 4.79 Å². The van der Waals surface area contributed by atoms with Crippen LogP contribution in [0.5, 0.6) is 0 Å². The van der Waals surface area contributed by atoms with Gasteiger partial charge in [0.25, 0.3) is 0 Å². The van der Waals surface area contributed by atoms with E-state index in [1.54, 1.807) is 0 Å². The van der Waals surface area contributed by atoms with Crippen LogP contribution in [0.15, 0.2) is 0 Å². The Balaban J connectivity index is 0.000000218. The van der Waals surface area contributed by atoms with Crippen LogP contribution in [0.2, 0.25) is 0 Å². The predicted molar refractivity (Wildman–Crippen MR) is 41.7 cm³/mol. The highest BCUT2D eigenvalue weighted by atomic mass is 16.6. The zero-order valence-electron chi connectivity index (χ0n) is 6.49. The summed E-state index contributed by atoms with van der Waals surface area (Å²) in [7, 11) is 0. The Morgan fingerprint density at radius 1 is 1.18 bits per heavy atom. The minimum atomic E-state index is -1.83. The molecule has 0 heterocycles. The lowest BCUT2D eigenvalue weighted by atomic mass is 9.97. The average molecular weight is 161 g/mol. The van der Waals surface area contributed by atoms with Gasteiger partial charge in [0.2, 0.25) is 0 Å². The average Bonchev–Trinajstić information content (AvgIpc) is 1.87. The smallest absolute Gasteiger partial charge is 0.450 e. The number of carboxylic acid groups (broad SMARTS) is 2. The maximum Gasteiger partial charge on any atom is 0.503 e. The van der Waals surface area contributed by atoms with E-state index in [0.717, 1.165) is 0 Å². The summed E-state index contributed by atoms with van der Waals surface area (Å²) < 4.78 is 0. The van der Waals surface area contributed by atoms with Gasteiger partial charge in [-0.25, -0.2) is 4.79 Å². The lowest BCUT2D eigenvalue weighted by Gasteiger charge is -2.15. The molecule has 0 unspecified atom stereocenters. The van der Waals surface area contributed by atoms with Crippen LogP contribution in [0.1, 0.15) is 32.1 Å². The Hall–Kier alpha value is -0.770. The first kappa shape index (κ1) is 10.2. The molecule has 0 aliphatic heterocycles. The van der Waals surface area contributed by atoms with Crippen molar-refractivity contribution in [2.75, 3.05) is 0 Å². The standard InChI is InChI=1S/C6H13N.CH2O3/c7-6-4-2-1-3-5-6;2-1(3)4/h6H,1-5,7H2;(H2,2,3,4). The van der Waals surface area contributed by atoms with E-state index >= 15 is 0 Å². The topological polar surface area (TPSA) is 83.6 Å². The van der Waals surface area contributed by atoms with Crippen molar-refractivity contribution in [2.45, 2.75) is 38.1 Å². The summed E-state index contributed by atoms with van der Waals surface area (Å²) in [6.45, 7) is 0. The van der Waals surface area contributed by atoms with Gasteiger partial charge in [-0.1, -0.05) is 19.3 Å². The second kappa shape index (κ2) is 5.97. The van der Waals surface area contributed by atoms with Gasteiger partial charge in [0.15, 0.2) is 0 Å². The van der Waals surface area contributed by atoms with E-state index in [4.69, 9.17) is 20.7 Å². The van der Waals surface area contributed by atoms with Crippen molar-refractivity contribution in [2.24, 2.45) is 5.73 Å². The number of hydrogen-bond acceptors (Lipinski definition) is 2. The van der Waals surface area contributed by atoms with E-state index in [9.17, 15) is 0 Å². The molecule has 11 heavy (non-hydrogen) atoms. The quantitative estimate of drug-likeness (QED) is 0.502. The molecule has 4 heteroatoms. The fraction of sp³-hybridized carbons (Fsp3) is 0.857. The normalized spacial score (nSPS) is 18.3. The van der Waals surface area contributed by atoms with Crippen LogP contribution in [-0.2, 0) is 0 Å². The second-order valence-electron chi connectivity index (χ2n) is 2.68. The molecule has 0 aromatic heterocycles. The van der Waals surface area contributed by atoms with Crippen molar-refractivity contribution in [3.05, 3.63) is 0 Å². The highest BCUT2D eigenvalue weighted by Crippen LogP contribution is 2.14.